The Kier molecular flexibility index (Phi) is 5.08. The van der Waals surface area contributed by atoms with E-state index in [1.807, 2.05) is 31.2 Å². The number of nitrogens with one attached hydrogen (secondary N) is 1. The van der Waals surface area contributed by atoms with Crippen molar-refractivity contribution in [2.75, 3.05) is 0 Å². The van der Waals surface area contributed by atoms with Crippen LogP contribution in [0.3, 0.4) is 0 Å². The Bertz CT molecular complexity index is 628. The zero-order valence-corrected chi connectivity index (χ0v) is 13.8. The topological polar surface area (TPSA) is 29.1 Å². The number of benzene rings is 2. The molecule has 0 aliphatic heterocycles. The molecular weight excluding hydrogens is 361 g/mol. The monoisotopic (exact) mass is 371 g/mol. The number of hydrogen-bond donors (Lipinski definition) is 1. The average Bonchev–Trinajstić information content (AvgIpc) is 2.39. The summed E-state index contributed by atoms with van der Waals surface area (Å²) >= 11 is 15.2. The van der Waals surface area contributed by atoms with Gasteiger partial charge in [-0.05, 0) is 42.8 Å². The summed E-state index contributed by atoms with van der Waals surface area (Å²) in [7, 11) is 0. The van der Waals surface area contributed by atoms with Crippen LogP contribution in [-0.2, 0) is 0 Å². The minimum Gasteiger partial charge on any atom is -0.345 e. The van der Waals surface area contributed by atoms with Gasteiger partial charge in [0.25, 0.3) is 5.91 Å². The van der Waals surface area contributed by atoms with Crippen LogP contribution in [-0.4, -0.2) is 5.91 Å². The van der Waals surface area contributed by atoms with Crippen molar-refractivity contribution in [3.63, 3.8) is 0 Å². The molecule has 0 saturated heterocycles. The lowest BCUT2D eigenvalue weighted by molar-refractivity contribution is 0.0940. The van der Waals surface area contributed by atoms with Gasteiger partial charge in [0.15, 0.2) is 0 Å². The first-order valence-corrected chi connectivity index (χ1v) is 7.53. The number of amides is 1. The summed E-state index contributed by atoms with van der Waals surface area (Å²) in [5.41, 5.74) is 1.44. The molecule has 0 saturated carbocycles. The van der Waals surface area contributed by atoms with Crippen molar-refractivity contribution in [3.8, 4) is 0 Å². The molecule has 0 spiro atoms. The van der Waals surface area contributed by atoms with Gasteiger partial charge in [-0.15, -0.1) is 0 Å². The normalized spacial score (nSPS) is 12.0. The maximum atomic E-state index is 12.2. The summed E-state index contributed by atoms with van der Waals surface area (Å²) in [6.07, 6.45) is 0. The van der Waals surface area contributed by atoms with E-state index in [-0.39, 0.29) is 11.9 Å². The maximum absolute atomic E-state index is 12.2. The smallest absolute Gasteiger partial charge is 0.253 e. The molecule has 0 fully saturated rings. The quantitative estimate of drug-likeness (QED) is 0.783. The van der Waals surface area contributed by atoms with Crippen molar-refractivity contribution in [3.05, 3.63) is 68.1 Å². The molecular formula is C15H12BrCl2NO. The van der Waals surface area contributed by atoms with Gasteiger partial charge in [0, 0.05) is 9.50 Å². The molecule has 2 nitrogen and oxygen atoms in total. The van der Waals surface area contributed by atoms with Gasteiger partial charge in [-0.25, -0.2) is 0 Å². The molecule has 0 aliphatic rings. The van der Waals surface area contributed by atoms with Gasteiger partial charge in [0.2, 0.25) is 0 Å². The fourth-order valence-electron chi connectivity index (χ4n) is 1.78. The Balaban J connectivity index is 2.13. The average molecular weight is 373 g/mol. The first-order valence-electron chi connectivity index (χ1n) is 5.99. The van der Waals surface area contributed by atoms with Crippen LogP contribution in [0.4, 0.5) is 0 Å². The van der Waals surface area contributed by atoms with Crippen LogP contribution >= 0.6 is 39.1 Å². The zero-order valence-electron chi connectivity index (χ0n) is 10.7. The van der Waals surface area contributed by atoms with E-state index in [2.05, 4.69) is 21.2 Å². The van der Waals surface area contributed by atoms with Crippen LogP contribution in [0.15, 0.2) is 46.9 Å². The second-order valence-corrected chi connectivity index (χ2v) is 6.13. The lowest BCUT2D eigenvalue weighted by Crippen LogP contribution is -2.26. The van der Waals surface area contributed by atoms with E-state index in [4.69, 9.17) is 23.2 Å². The minimum absolute atomic E-state index is 0.109. The third-order valence-corrected chi connectivity index (χ3v) is 3.97. The molecule has 1 atom stereocenters. The molecule has 0 bridgehead atoms. The lowest BCUT2D eigenvalue weighted by Gasteiger charge is -2.15. The molecule has 104 valence electrons. The molecule has 0 aromatic heterocycles. The summed E-state index contributed by atoms with van der Waals surface area (Å²) < 4.78 is 1.00. The highest BCUT2D eigenvalue weighted by Crippen LogP contribution is 2.22. The Morgan fingerprint density at radius 3 is 2.40 bits per heavy atom. The van der Waals surface area contributed by atoms with Crippen LogP contribution in [0.25, 0.3) is 0 Å². The molecule has 0 heterocycles. The summed E-state index contributed by atoms with van der Waals surface area (Å²) in [5, 5.41) is 3.76. The summed E-state index contributed by atoms with van der Waals surface area (Å²) in [4.78, 5) is 12.2. The van der Waals surface area contributed by atoms with Crippen molar-refractivity contribution in [2.24, 2.45) is 0 Å². The van der Waals surface area contributed by atoms with Crippen molar-refractivity contribution >= 4 is 45.0 Å². The number of hydrogen-bond acceptors (Lipinski definition) is 1. The number of rotatable bonds is 3. The molecule has 5 heteroatoms. The Labute approximate surface area is 136 Å². The lowest BCUT2D eigenvalue weighted by atomic mass is 10.1. The van der Waals surface area contributed by atoms with Gasteiger partial charge >= 0.3 is 0 Å². The van der Waals surface area contributed by atoms with Crippen molar-refractivity contribution in [2.45, 2.75) is 13.0 Å². The number of carbonyl (C=O) groups is 1. The molecule has 0 radical (unpaired) electrons. The molecule has 2 aromatic rings. The van der Waals surface area contributed by atoms with Crippen LogP contribution in [0, 0.1) is 0 Å². The fourth-order valence-corrected chi connectivity index (χ4v) is 2.54. The van der Waals surface area contributed by atoms with Crippen LogP contribution in [0.1, 0.15) is 28.9 Å². The maximum Gasteiger partial charge on any atom is 0.253 e. The highest BCUT2D eigenvalue weighted by Gasteiger charge is 2.14. The molecule has 2 aromatic carbocycles. The SMILES string of the molecule is C[C@@H](NC(=O)c1ccc(Cl)cc1Cl)c1ccc(Br)cc1. The molecule has 20 heavy (non-hydrogen) atoms. The second-order valence-electron chi connectivity index (χ2n) is 4.37. The van der Waals surface area contributed by atoms with E-state index >= 15 is 0 Å². The molecule has 1 N–H and O–H groups in total. The third-order valence-electron chi connectivity index (χ3n) is 2.89. The van der Waals surface area contributed by atoms with E-state index < -0.39 is 0 Å². The van der Waals surface area contributed by atoms with Gasteiger partial charge in [-0.1, -0.05) is 51.3 Å². The Hall–Kier alpha value is -1.03. The fraction of sp³-hybridized carbons (Fsp3) is 0.133. The van der Waals surface area contributed by atoms with Gasteiger partial charge in [-0.3, -0.25) is 4.79 Å². The summed E-state index contributed by atoms with van der Waals surface area (Å²) in [5.74, 6) is -0.220. The standard InChI is InChI=1S/C15H12BrCl2NO/c1-9(10-2-4-11(16)5-3-10)19-15(20)13-7-6-12(17)8-14(13)18/h2-9H,1H3,(H,19,20)/t9-/m1/s1. The predicted molar refractivity (Wildman–Crippen MR) is 86.5 cm³/mol. The first kappa shape index (κ1) is 15.4. The van der Waals surface area contributed by atoms with Crippen molar-refractivity contribution < 1.29 is 4.79 Å². The van der Waals surface area contributed by atoms with Gasteiger partial charge in [0.05, 0.1) is 16.6 Å². The Morgan fingerprint density at radius 2 is 1.80 bits per heavy atom. The predicted octanol–water partition coefficient (Wildman–Crippen LogP) is 5.25. The van der Waals surface area contributed by atoms with Crippen molar-refractivity contribution in [1.29, 1.82) is 0 Å². The van der Waals surface area contributed by atoms with Crippen LogP contribution in [0.2, 0.25) is 10.0 Å². The molecule has 2 rings (SSSR count). The van der Waals surface area contributed by atoms with E-state index in [1.54, 1.807) is 18.2 Å². The van der Waals surface area contributed by atoms with E-state index in [0.29, 0.717) is 15.6 Å². The second kappa shape index (κ2) is 6.61. The molecule has 0 unspecified atom stereocenters. The zero-order chi connectivity index (χ0) is 14.7. The van der Waals surface area contributed by atoms with Gasteiger partial charge in [0.1, 0.15) is 0 Å². The number of carbonyl (C=O) groups excluding carboxylic acids is 1. The van der Waals surface area contributed by atoms with Gasteiger partial charge in [-0.2, -0.15) is 0 Å². The van der Waals surface area contributed by atoms with Crippen LogP contribution < -0.4 is 5.32 Å². The summed E-state index contributed by atoms with van der Waals surface area (Å²) in [6, 6.07) is 12.5. The third kappa shape index (κ3) is 3.75. The van der Waals surface area contributed by atoms with Gasteiger partial charge < -0.3 is 5.32 Å². The van der Waals surface area contributed by atoms with E-state index in [9.17, 15) is 4.79 Å². The first-order chi connectivity index (χ1) is 9.47. The van der Waals surface area contributed by atoms with Crippen molar-refractivity contribution in [1.82, 2.24) is 5.32 Å². The van der Waals surface area contributed by atoms with E-state index in [0.717, 1.165) is 10.0 Å². The highest BCUT2D eigenvalue weighted by molar-refractivity contribution is 9.10. The summed E-state index contributed by atoms with van der Waals surface area (Å²) in [6.45, 7) is 1.92. The van der Waals surface area contributed by atoms with E-state index in [1.165, 1.54) is 0 Å². The number of halogens is 3. The minimum atomic E-state index is -0.220. The molecule has 1 amide bonds. The molecule has 0 aliphatic carbocycles. The van der Waals surface area contributed by atoms with Crippen LogP contribution in [0.5, 0.6) is 0 Å². The Morgan fingerprint density at radius 1 is 1.15 bits per heavy atom. The largest absolute Gasteiger partial charge is 0.345 e. The highest BCUT2D eigenvalue weighted by atomic mass is 79.9.